The first-order valence-corrected chi connectivity index (χ1v) is 10.7. The van der Waals surface area contributed by atoms with Crippen LogP contribution in [-0.4, -0.2) is 46.8 Å². The van der Waals surface area contributed by atoms with Crippen LogP contribution in [0.15, 0.2) is 53.5 Å². The van der Waals surface area contributed by atoms with Crippen LogP contribution in [0.3, 0.4) is 0 Å². The monoisotopic (exact) mass is 420 g/mol. The molecule has 1 atom stereocenters. The molecule has 0 saturated carbocycles. The summed E-state index contributed by atoms with van der Waals surface area (Å²) in [5, 5.41) is 17.7. The number of hydrogen-bond donors (Lipinski definition) is 3. The zero-order valence-corrected chi connectivity index (χ0v) is 17.0. The number of aliphatic hydroxyl groups is 1. The molecular formula is C20H24N2O6S. The Morgan fingerprint density at radius 1 is 1.21 bits per heavy atom. The van der Waals surface area contributed by atoms with Gasteiger partial charge in [-0.25, -0.2) is 13.9 Å². The highest BCUT2D eigenvalue weighted by molar-refractivity contribution is 7.92. The van der Waals surface area contributed by atoms with E-state index in [4.69, 9.17) is 10.3 Å². The molecule has 8 nitrogen and oxygen atoms in total. The smallest absolute Gasteiger partial charge is 0.264 e. The maximum atomic E-state index is 12.5. The fraction of sp³-hybridized carbons (Fsp3) is 0.300. The second-order valence-electron chi connectivity index (χ2n) is 6.85. The fourth-order valence-electron chi connectivity index (χ4n) is 2.77. The highest BCUT2D eigenvalue weighted by atomic mass is 32.2. The van der Waals surface area contributed by atoms with Crippen molar-refractivity contribution in [3.63, 3.8) is 0 Å². The average molecular weight is 420 g/mol. The number of aryl methyl sites for hydroxylation is 1. The second kappa shape index (κ2) is 9.17. The first-order valence-electron chi connectivity index (χ1n) is 8.85. The van der Waals surface area contributed by atoms with E-state index in [1.807, 2.05) is 24.3 Å². The molecule has 29 heavy (non-hydrogen) atoms. The van der Waals surface area contributed by atoms with Crippen LogP contribution in [0.25, 0.3) is 17.2 Å². The number of hydrogen-bond acceptors (Lipinski definition) is 6. The normalized spacial score (nSPS) is 13.9. The third kappa shape index (κ3) is 5.20. The van der Waals surface area contributed by atoms with Crippen molar-refractivity contribution in [3.05, 3.63) is 64.6 Å². The van der Waals surface area contributed by atoms with Crippen LogP contribution in [-0.2, 0) is 21.2 Å². The van der Waals surface area contributed by atoms with Gasteiger partial charge in [0.1, 0.15) is 0 Å². The van der Waals surface area contributed by atoms with Crippen molar-refractivity contribution < 1.29 is 23.5 Å². The van der Waals surface area contributed by atoms with Crippen molar-refractivity contribution in [1.82, 2.24) is 10.0 Å². The minimum atomic E-state index is -3.83. The van der Waals surface area contributed by atoms with Gasteiger partial charge < -0.3 is 9.67 Å². The number of sulfone groups is 1. The molecule has 2 rings (SSSR count). The molecule has 1 aromatic carbocycles. The standard InChI is InChI=1S/C20H24N2O6S/c1-20(19(25)21-26,29(2,27)28)10-12-22-11-9-17(14-18(22)24)16-7-5-15(6-8-16)4-3-13-23/h3-9,11,14,23,26H,10,12-13H2,1-2H3,(H,21,25). The predicted octanol–water partition coefficient (Wildman–Crippen LogP) is 1.22. The number of pyridine rings is 1. The number of aromatic nitrogens is 1. The molecule has 0 fully saturated rings. The van der Waals surface area contributed by atoms with Crippen molar-refractivity contribution in [2.24, 2.45) is 0 Å². The van der Waals surface area contributed by atoms with Crippen LogP contribution in [0.5, 0.6) is 0 Å². The molecule has 1 unspecified atom stereocenters. The summed E-state index contributed by atoms with van der Waals surface area (Å²) < 4.78 is 23.5. The van der Waals surface area contributed by atoms with Crippen molar-refractivity contribution in [3.8, 4) is 11.1 Å². The van der Waals surface area contributed by atoms with Gasteiger partial charge in [-0.3, -0.25) is 14.8 Å². The molecule has 9 heteroatoms. The summed E-state index contributed by atoms with van der Waals surface area (Å²) in [5.74, 6) is -1.04. The summed E-state index contributed by atoms with van der Waals surface area (Å²) >= 11 is 0. The van der Waals surface area contributed by atoms with Gasteiger partial charge in [-0.1, -0.05) is 36.4 Å². The quantitative estimate of drug-likeness (QED) is 0.435. The topological polar surface area (TPSA) is 126 Å². The molecule has 2 aromatic rings. The van der Waals surface area contributed by atoms with Crippen LogP contribution in [0.2, 0.25) is 0 Å². The van der Waals surface area contributed by atoms with E-state index in [0.717, 1.165) is 17.4 Å². The SMILES string of the molecule is CC(CCn1ccc(-c2ccc(C=CCO)cc2)cc1=O)(C(=O)NO)S(C)(=O)=O. The van der Waals surface area contributed by atoms with Crippen LogP contribution in [0.1, 0.15) is 18.9 Å². The number of rotatable bonds is 8. The van der Waals surface area contributed by atoms with Gasteiger partial charge in [0.2, 0.25) is 0 Å². The molecule has 1 aromatic heterocycles. The van der Waals surface area contributed by atoms with Gasteiger partial charge in [0.25, 0.3) is 11.5 Å². The molecule has 0 aliphatic rings. The Morgan fingerprint density at radius 3 is 2.38 bits per heavy atom. The van der Waals surface area contributed by atoms with E-state index in [0.29, 0.717) is 5.56 Å². The van der Waals surface area contributed by atoms with Crippen molar-refractivity contribution in [2.75, 3.05) is 12.9 Å². The second-order valence-corrected chi connectivity index (χ2v) is 9.29. The Balaban J connectivity index is 2.22. The summed E-state index contributed by atoms with van der Waals surface area (Å²) in [5.41, 5.74) is 3.49. The molecule has 156 valence electrons. The molecule has 3 N–H and O–H groups in total. The lowest BCUT2D eigenvalue weighted by molar-refractivity contribution is -0.131. The van der Waals surface area contributed by atoms with Gasteiger partial charge in [0.15, 0.2) is 14.6 Å². The third-order valence-electron chi connectivity index (χ3n) is 4.89. The zero-order chi connectivity index (χ0) is 21.7. The summed E-state index contributed by atoms with van der Waals surface area (Å²) in [6.07, 6.45) is 5.67. The highest BCUT2D eigenvalue weighted by Crippen LogP contribution is 2.23. The number of hydroxylamine groups is 1. The maximum absolute atomic E-state index is 12.5. The lowest BCUT2D eigenvalue weighted by atomic mass is 10.0. The summed E-state index contributed by atoms with van der Waals surface area (Å²) in [6.45, 7) is 1.15. The van der Waals surface area contributed by atoms with Gasteiger partial charge in [-0.15, -0.1) is 0 Å². The van der Waals surface area contributed by atoms with Gasteiger partial charge >= 0.3 is 0 Å². The summed E-state index contributed by atoms with van der Waals surface area (Å²) in [4.78, 5) is 24.3. The number of nitrogens with one attached hydrogen (secondary N) is 1. The van der Waals surface area contributed by atoms with Crippen molar-refractivity contribution in [1.29, 1.82) is 0 Å². The van der Waals surface area contributed by atoms with Crippen LogP contribution < -0.4 is 11.0 Å². The number of amides is 1. The summed E-state index contributed by atoms with van der Waals surface area (Å²) in [6, 6.07) is 10.6. The van der Waals surface area contributed by atoms with E-state index in [9.17, 15) is 18.0 Å². The molecule has 0 spiro atoms. The number of benzene rings is 1. The van der Waals surface area contributed by atoms with E-state index < -0.39 is 20.5 Å². The van der Waals surface area contributed by atoms with Crippen LogP contribution in [0, 0.1) is 0 Å². The summed E-state index contributed by atoms with van der Waals surface area (Å²) in [7, 11) is -3.83. The first-order chi connectivity index (χ1) is 13.6. The third-order valence-corrected chi connectivity index (χ3v) is 6.91. The number of carbonyl (C=O) groups is 1. The highest BCUT2D eigenvalue weighted by Gasteiger charge is 2.43. The molecule has 0 saturated heterocycles. The zero-order valence-electron chi connectivity index (χ0n) is 16.2. The molecule has 0 bridgehead atoms. The fourth-order valence-corrected chi connectivity index (χ4v) is 3.61. The van der Waals surface area contributed by atoms with E-state index in [-0.39, 0.29) is 25.1 Å². The van der Waals surface area contributed by atoms with E-state index >= 15 is 0 Å². The minimum absolute atomic E-state index is 0.0129. The van der Waals surface area contributed by atoms with Crippen LogP contribution >= 0.6 is 0 Å². The molecule has 0 aliphatic heterocycles. The van der Waals surface area contributed by atoms with E-state index in [2.05, 4.69) is 0 Å². The average Bonchev–Trinajstić information content (AvgIpc) is 2.69. The lowest BCUT2D eigenvalue weighted by Crippen LogP contribution is -2.49. The molecule has 1 amide bonds. The number of nitrogens with zero attached hydrogens (tertiary/aromatic N) is 1. The first kappa shape index (κ1) is 22.5. The molecule has 0 aliphatic carbocycles. The number of aliphatic hydroxyl groups excluding tert-OH is 1. The Morgan fingerprint density at radius 2 is 1.86 bits per heavy atom. The Hall–Kier alpha value is -2.75. The Kier molecular flexibility index (Phi) is 7.12. The van der Waals surface area contributed by atoms with Gasteiger partial charge in [0.05, 0.1) is 6.61 Å². The minimum Gasteiger partial charge on any atom is -0.392 e. The van der Waals surface area contributed by atoms with Crippen molar-refractivity contribution in [2.45, 2.75) is 24.6 Å². The molecule has 1 heterocycles. The van der Waals surface area contributed by atoms with Crippen LogP contribution in [0.4, 0.5) is 0 Å². The molecule has 0 radical (unpaired) electrons. The van der Waals surface area contributed by atoms with E-state index in [1.165, 1.54) is 29.2 Å². The molecular weight excluding hydrogens is 396 g/mol. The number of carbonyl (C=O) groups excluding carboxylic acids is 1. The van der Waals surface area contributed by atoms with Crippen molar-refractivity contribution >= 4 is 21.8 Å². The predicted molar refractivity (Wildman–Crippen MR) is 110 cm³/mol. The lowest BCUT2D eigenvalue weighted by Gasteiger charge is -2.25. The van der Waals surface area contributed by atoms with Gasteiger partial charge in [-0.2, -0.15) is 0 Å². The largest absolute Gasteiger partial charge is 0.392 e. The van der Waals surface area contributed by atoms with Gasteiger partial charge in [-0.05, 0) is 36.1 Å². The maximum Gasteiger partial charge on any atom is 0.264 e. The Labute approximate surface area is 169 Å². The Bertz CT molecular complexity index is 1060. The van der Waals surface area contributed by atoms with Gasteiger partial charge in [0, 0.05) is 25.1 Å². The van der Waals surface area contributed by atoms with E-state index in [1.54, 1.807) is 18.2 Å².